The third-order valence-corrected chi connectivity index (χ3v) is 4.66. The summed E-state index contributed by atoms with van der Waals surface area (Å²) in [7, 11) is 0. The van der Waals surface area contributed by atoms with Crippen molar-refractivity contribution >= 4 is 11.8 Å². The zero-order valence-corrected chi connectivity index (χ0v) is 18.7. The van der Waals surface area contributed by atoms with Crippen molar-refractivity contribution in [1.82, 2.24) is 0 Å². The van der Waals surface area contributed by atoms with E-state index < -0.39 is 6.10 Å². The van der Waals surface area contributed by atoms with Crippen LogP contribution in [0.3, 0.4) is 0 Å². The van der Waals surface area contributed by atoms with E-state index in [1.807, 2.05) is 20.8 Å². The number of carbonyl (C=O) groups excluding carboxylic acids is 2. The lowest BCUT2D eigenvalue weighted by atomic mass is 9.97. The number of ether oxygens (including phenoxy) is 1. The van der Waals surface area contributed by atoms with Crippen LogP contribution in [0, 0.1) is 5.92 Å². The first-order chi connectivity index (χ1) is 13.2. The molecule has 4 heteroatoms. The fraction of sp³-hybridized carbons (Fsp3) is 0.750. The highest BCUT2D eigenvalue weighted by molar-refractivity contribution is 5.89. The number of esters is 1. The molecule has 0 bridgehead atoms. The molecule has 2 atom stereocenters. The largest absolute Gasteiger partial charge is 0.463 e. The first-order valence-corrected chi connectivity index (χ1v) is 10.9. The van der Waals surface area contributed by atoms with Crippen LogP contribution < -0.4 is 0 Å². The smallest absolute Gasteiger partial charge is 0.306 e. The van der Waals surface area contributed by atoms with Gasteiger partial charge in [-0.3, -0.25) is 9.59 Å². The number of carbonyl (C=O) groups is 2. The van der Waals surface area contributed by atoms with Gasteiger partial charge in [0, 0.05) is 12.8 Å². The third kappa shape index (κ3) is 16.7. The second-order valence-corrected chi connectivity index (χ2v) is 8.31. The zero-order chi connectivity index (χ0) is 21.4. The molecule has 2 unspecified atom stereocenters. The highest BCUT2D eigenvalue weighted by Gasteiger charge is 2.10. The molecule has 0 heterocycles. The molecule has 0 spiro atoms. The SMILES string of the molecule is CC(C)=CCCC(C)C(O)/C=C/C(=O)CCCCCCCCC(=O)OC(C)C. The highest BCUT2D eigenvalue weighted by atomic mass is 16.5. The van der Waals surface area contributed by atoms with E-state index in [9.17, 15) is 14.7 Å². The Hall–Kier alpha value is -1.42. The Morgan fingerprint density at radius 1 is 0.929 bits per heavy atom. The number of aliphatic hydroxyl groups excluding tert-OH is 1. The number of aliphatic hydroxyl groups is 1. The van der Waals surface area contributed by atoms with Crippen LogP contribution in [0.15, 0.2) is 23.8 Å². The summed E-state index contributed by atoms with van der Waals surface area (Å²) in [5.74, 6) is 0.130. The lowest BCUT2D eigenvalue weighted by Crippen LogP contribution is -2.15. The minimum atomic E-state index is -0.558. The van der Waals surface area contributed by atoms with Gasteiger partial charge in [-0.15, -0.1) is 0 Å². The zero-order valence-electron chi connectivity index (χ0n) is 18.7. The van der Waals surface area contributed by atoms with Gasteiger partial charge in [0.2, 0.25) is 0 Å². The Morgan fingerprint density at radius 3 is 2.07 bits per heavy atom. The number of hydrogen-bond donors (Lipinski definition) is 1. The molecule has 0 aromatic heterocycles. The quantitative estimate of drug-likeness (QED) is 0.153. The molecule has 0 radical (unpaired) electrons. The monoisotopic (exact) mass is 394 g/mol. The van der Waals surface area contributed by atoms with Crippen LogP contribution in [-0.4, -0.2) is 29.1 Å². The van der Waals surface area contributed by atoms with Gasteiger partial charge in [0.25, 0.3) is 0 Å². The first kappa shape index (κ1) is 26.6. The molecular weight excluding hydrogens is 352 g/mol. The normalized spacial score (nSPS) is 13.5. The Morgan fingerprint density at radius 2 is 1.50 bits per heavy atom. The Kier molecular flexibility index (Phi) is 15.7. The molecule has 0 aliphatic rings. The van der Waals surface area contributed by atoms with Gasteiger partial charge in [0.15, 0.2) is 5.78 Å². The van der Waals surface area contributed by atoms with Crippen molar-refractivity contribution < 1.29 is 19.4 Å². The predicted octanol–water partition coefficient (Wildman–Crippen LogP) is 5.93. The molecule has 0 amide bonds. The maximum Gasteiger partial charge on any atom is 0.306 e. The standard InChI is InChI=1S/C24H42O4/c1-19(2)13-12-14-21(5)23(26)18-17-22(25)15-10-8-6-7-9-11-16-24(27)28-20(3)4/h13,17-18,20-21,23,26H,6-12,14-16H2,1-5H3/b18-17+. The van der Waals surface area contributed by atoms with Crippen LogP contribution in [0.5, 0.6) is 0 Å². The average molecular weight is 395 g/mol. The second kappa shape index (κ2) is 16.5. The molecule has 0 saturated heterocycles. The molecule has 4 nitrogen and oxygen atoms in total. The van der Waals surface area contributed by atoms with Gasteiger partial charge in [-0.25, -0.2) is 0 Å². The van der Waals surface area contributed by atoms with E-state index in [2.05, 4.69) is 19.9 Å². The number of unbranched alkanes of at least 4 members (excludes halogenated alkanes) is 5. The van der Waals surface area contributed by atoms with Crippen molar-refractivity contribution in [2.75, 3.05) is 0 Å². The Labute approximate surface area is 172 Å². The molecule has 0 aromatic rings. The minimum absolute atomic E-state index is 0.0362. The summed E-state index contributed by atoms with van der Waals surface area (Å²) in [6.07, 6.45) is 13.7. The van der Waals surface area contributed by atoms with Crippen LogP contribution in [0.4, 0.5) is 0 Å². The van der Waals surface area contributed by atoms with Gasteiger partial charge >= 0.3 is 5.97 Å². The van der Waals surface area contributed by atoms with Crippen molar-refractivity contribution in [3.8, 4) is 0 Å². The Balaban J connectivity index is 3.72. The summed E-state index contributed by atoms with van der Waals surface area (Å²) in [5, 5.41) is 10.1. The number of allylic oxidation sites excluding steroid dienone is 3. The van der Waals surface area contributed by atoms with Gasteiger partial charge in [-0.05, 0) is 65.4 Å². The molecular formula is C24H42O4. The lowest BCUT2D eigenvalue weighted by Gasteiger charge is -2.14. The molecule has 162 valence electrons. The summed E-state index contributed by atoms with van der Waals surface area (Å²) < 4.78 is 5.10. The van der Waals surface area contributed by atoms with E-state index >= 15 is 0 Å². The van der Waals surface area contributed by atoms with E-state index in [-0.39, 0.29) is 23.8 Å². The van der Waals surface area contributed by atoms with E-state index in [4.69, 9.17) is 4.74 Å². The van der Waals surface area contributed by atoms with Crippen molar-refractivity contribution in [2.45, 2.75) is 111 Å². The van der Waals surface area contributed by atoms with E-state index in [0.29, 0.717) is 12.8 Å². The lowest BCUT2D eigenvalue weighted by molar-refractivity contribution is -0.147. The van der Waals surface area contributed by atoms with Crippen molar-refractivity contribution in [1.29, 1.82) is 0 Å². The summed E-state index contributed by atoms with van der Waals surface area (Å²) >= 11 is 0. The van der Waals surface area contributed by atoms with Gasteiger partial charge in [0.05, 0.1) is 12.2 Å². The maximum atomic E-state index is 11.9. The van der Waals surface area contributed by atoms with Crippen molar-refractivity contribution in [3.05, 3.63) is 23.8 Å². The molecule has 0 rings (SSSR count). The maximum absolute atomic E-state index is 11.9. The van der Waals surface area contributed by atoms with Crippen LogP contribution in [0.2, 0.25) is 0 Å². The highest BCUT2D eigenvalue weighted by Crippen LogP contribution is 2.14. The topological polar surface area (TPSA) is 63.6 Å². The summed E-state index contributed by atoms with van der Waals surface area (Å²) in [4.78, 5) is 23.3. The number of ketones is 1. The summed E-state index contributed by atoms with van der Waals surface area (Å²) in [5.41, 5.74) is 1.29. The van der Waals surface area contributed by atoms with Gasteiger partial charge in [0.1, 0.15) is 0 Å². The second-order valence-electron chi connectivity index (χ2n) is 8.31. The van der Waals surface area contributed by atoms with Crippen molar-refractivity contribution in [2.24, 2.45) is 5.92 Å². The number of hydrogen-bond acceptors (Lipinski definition) is 4. The third-order valence-electron chi connectivity index (χ3n) is 4.66. The fourth-order valence-electron chi connectivity index (χ4n) is 2.88. The predicted molar refractivity (Wildman–Crippen MR) is 116 cm³/mol. The molecule has 0 aromatic carbocycles. The van der Waals surface area contributed by atoms with Crippen LogP contribution >= 0.6 is 0 Å². The van der Waals surface area contributed by atoms with E-state index in [1.54, 1.807) is 12.2 Å². The molecule has 0 aliphatic heterocycles. The number of rotatable bonds is 16. The average Bonchev–Trinajstić information content (AvgIpc) is 2.60. The molecule has 0 saturated carbocycles. The van der Waals surface area contributed by atoms with Crippen LogP contribution in [0.25, 0.3) is 0 Å². The molecule has 0 fully saturated rings. The van der Waals surface area contributed by atoms with Gasteiger partial charge in [-0.2, -0.15) is 0 Å². The van der Waals surface area contributed by atoms with Crippen LogP contribution in [0.1, 0.15) is 98.8 Å². The van der Waals surface area contributed by atoms with E-state index in [0.717, 1.165) is 51.4 Å². The van der Waals surface area contributed by atoms with Crippen molar-refractivity contribution in [3.63, 3.8) is 0 Å². The Bertz CT molecular complexity index is 487. The fourth-order valence-corrected chi connectivity index (χ4v) is 2.88. The van der Waals surface area contributed by atoms with Crippen LogP contribution in [-0.2, 0) is 14.3 Å². The summed E-state index contributed by atoms with van der Waals surface area (Å²) in [6.45, 7) is 9.89. The molecule has 0 aliphatic carbocycles. The molecule has 1 N–H and O–H groups in total. The minimum Gasteiger partial charge on any atom is -0.463 e. The van der Waals surface area contributed by atoms with E-state index in [1.165, 1.54) is 5.57 Å². The van der Waals surface area contributed by atoms with Gasteiger partial charge < -0.3 is 9.84 Å². The van der Waals surface area contributed by atoms with Gasteiger partial charge in [-0.1, -0.05) is 50.3 Å². The first-order valence-electron chi connectivity index (χ1n) is 10.9. The summed E-state index contributed by atoms with van der Waals surface area (Å²) in [6, 6.07) is 0. The molecule has 28 heavy (non-hydrogen) atoms.